The van der Waals surface area contributed by atoms with Crippen LogP contribution in [0.1, 0.15) is 15.9 Å². The molecule has 0 spiro atoms. The highest BCUT2D eigenvalue weighted by molar-refractivity contribution is 5.93. The normalized spacial score (nSPS) is 9.92. The zero-order valence-electron chi connectivity index (χ0n) is 6.40. The first-order valence-electron chi connectivity index (χ1n) is 3.28. The minimum Gasteiger partial charge on any atom is -0.365 e. The van der Waals surface area contributed by atoms with Gasteiger partial charge in [-0.25, -0.2) is 8.78 Å². The Labute approximate surface area is 68.0 Å². The van der Waals surface area contributed by atoms with Crippen molar-refractivity contribution in [1.82, 2.24) is 0 Å². The van der Waals surface area contributed by atoms with E-state index < -0.39 is 23.1 Å². The monoisotopic (exact) mass is 171 g/mol. The fourth-order valence-corrected chi connectivity index (χ4v) is 0.883. The molecule has 1 aromatic rings. The molecule has 1 rings (SSSR count). The largest absolute Gasteiger partial charge is 0.365 e. The van der Waals surface area contributed by atoms with Crippen LogP contribution in [0.4, 0.5) is 8.78 Å². The summed E-state index contributed by atoms with van der Waals surface area (Å²) in [6.45, 7) is 1.43. The molecule has 0 bridgehead atoms. The molecule has 0 unspecified atom stereocenters. The van der Waals surface area contributed by atoms with Crippen LogP contribution in [0.15, 0.2) is 12.1 Å². The summed E-state index contributed by atoms with van der Waals surface area (Å²) in [6.07, 6.45) is 0. The molecular formula is C8H7F2NO. The molecule has 64 valence electrons. The minimum absolute atomic E-state index is 0.199. The van der Waals surface area contributed by atoms with E-state index in [1.807, 2.05) is 0 Å². The molecule has 0 aliphatic rings. The lowest BCUT2D eigenvalue weighted by molar-refractivity contribution is 0.0992. The zero-order valence-corrected chi connectivity index (χ0v) is 6.40. The van der Waals surface area contributed by atoms with Gasteiger partial charge in [0.1, 0.15) is 17.2 Å². The van der Waals surface area contributed by atoms with Gasteiger partial charge in [0, 0.05) is 0 Å². The molecule has 0 heterocycles. The quantitative estimate of drug-likeness (QED) is 0.681. The Bertz CT molecular complexity index is 336. The summed E-state index contributed by atoms with van der Waals surface area (Å²) in [5, 5.41) is 0. The van der Waals surface area contributed by atoms with E-state index in [1.165, 1.54) is 13.0 Å². The Morgan fingerprint density at radius 2 is 2.00 bits per heavy atom. The number of carbonyl (C=O) groups is 1. The number of rotatable bonds is 1. The molecular weight excluding hydrogens is 164 g/mol. The second kappa shape index (κ2) is 2.89. The number of aryl methyl sites for hydroxylation is 1. The summed E-state index contributed by atoms with van der Waals surface area (Å²) < 4.78 is 25.7. The van der Waals surface area contributed by atoms with Crippen LogP contribution < -0.4 is 5.73 Å². The van der Waals surface area contributed by atoms with Crippen molar-refractivity contribution >= 4 is 5.91 Å². The van der Waals surface area contributed by atoms with Gasteiger partial charge in [0.05, 0.1) is 0 Å². The van der Waals surface area contributed by atoms with E-state index in [2.05, 4.69) is 0 Å². The Hall–Kier alpha value is -1.45. The number of halogens is 2. The summed E-state index contributed by atoms with van der Waals surface area (Å²) in [4.78, 5) is 10.5. The van der Waals surface area contributed by atoms with Crippen molar-refractivity contribution in [3.8, 4) is 0 Å². The van der Waals surface area contributed by atoms with Gasteiger partial charge in [0.15, 0.2) is 0 Å². The lowest BCUT2D eigenvalue weighted by Crippen LogP contribution is -2.16. The SMILES string of the molecule is Cc1ccc(F)c(C(N)=O)c1F. The Kier molecular flexibility index (Phi) is 2.08. The predicted octanol–water partition coefficient (Wildman–Crippen LogP) is 1.37. The minimum atomic E-state index is -1.09. The van der Waals surface area contributed by atoms with Gasteiger partial charge in [0.25, 0.3) is 5.91 Å². The highest BCUT2D eigenvalue weighted by Crippen LogP contribution is 2.15. The molecule has 0 saturated carbocycles. The summed E-state index contributed by atoms with van der Waals surface area (Å²) >= 11 is 0. The number of hydrogen-bond acceptors (Lipinski definition) is 1. The highest BCUT2D eigenvalue weighted by Gasteiger charge is 2.15. The zero-order chi connectivity index (χ0) is 9.30. The van der Waals surface area contributed by atoms with Gasteiger partial charge in [-0.15, -0.1) is 0 Å². The fraction of sp³-hybridized carbons (Fsp3) is 0.125. The summed E-state index contributed by atoms with van der Waals surface area (Å²) in [5.74, 6) is -2.90. The number of benzene rings is 1. The number of hydrogen-bond donors (Lipinski definition) is 1. The summed E-state index contributed by atoms with van der Waals surface area (Å²) in [6, 6.07) is 2.26. The third kappa shape index (κ3) is 1.28. The second-order valence-electron chi connectivity index (χ2n) is 2.42. The van der Waals surface area contributed by atoms with Gasteiger partial charge in [-0.05, 0) is 18.6 Å². The molecule has 0 aliphatic carbocycles. The van der Waals surface area contributed by atoms with Crippen molar-refractivity contribution in [3.63, 3.8) is 0 Å². The van der Waals surface area contributed by atoms with Crippen molar-refractivity contribution in [2.45, 2.75) is 6.92 Å². The Morgan fingerprint density at radius 3 is 2.42 bits per heavy atom. The average molecular weight is 171 g/mol. The maximum Gasteiger partial charge on any atom is 0.254 e. The molecule has 0 saturated heterocycles. The van der Waals surface area contributed by atoms with E-state index in [0.717, 1.165) is 6.07 Å². The van der Waals surface area contributed by atoms with E-state index >= 15 is 0 Å². The van der Waals surface area contributed by atoms with E-state index in [-0.39, 0.29) is 5.56 Å². The van der Waals surface area contributed by atoms with Gasteiger partial charge >= 0.3 is 0 Å². The number of nitrogens with two attached hydrogens (primary N) is 1. The van der Waals surface area contributed by atoms with Crippen LogP contribution in [0.5, 0.6) is 0 Å². The van der Waals surface area contributed by atoms with Gasteiger partial charge in [0.2, 0.25) is 0 Å². The van der Waals surface area contributed by atoms with Crippen LogP contribution in [0.3, 0.4) is 0 Å². The van der Waals surface area contributed by atoms with Crippen LogP contribution in [-0.4, -0.2) is 5.91 Å². The van der Waals surface area contributed by atoms with Crippen LogP contribution in [0, 0.1) is 18.6 Å². The van der Waals surface area contributed by atoms with Crippen LogP contribution in [0.2, 0.25) is 0 Å². The molecule has 1 aromatic carbocycles. The lowest BCUT2D eigenvalue weighted by atomic mass is 10.1. The maximum absolute atomic E-state index is 13.0. The van der Waals surface area contributed by atoms with Crippen LogP contribution in [0.25, 0.3) is 0 Å². The van der Waals surface area contributed by atoms with Gasteiger partial charge < -0.3 is 5.73 Å². The number of primary amides is 1. The second-order valence-corrected chi connectivity index (χ2v) is 2.42. The van der Waals surface area contributed by atoms with Crippen LogP contribution in [-0.2, 0) is 0 Å². The lowest BCUT2D eigenvalue weighted by Gasteiger charge is -2.02. The van der Waals surface area contributed by atoms with E-state index in [4.69, 9.17) is 5.73 Å². The molecule has 0 atom stereocenters. The molecule has 0 fully saturated rings. The highest BCUT2D eigenvalue weighted by atomic mass is 19.1. The molecule has 0 radical (unpaired) electrons. The standard InChI is InChI=1S/C8H7F2NO/c1-4-2-3-5(9)6(7(4)10)8(11)12/h2-3H,1H3,(H2,11,12). The van der Waals surface area contributed by atoms with Crippen molar-refractivity contribution in [3.05, 3.63) is 34.9 Å². The summed E-state index contributed by atoms with van der Waals surface area (Å²) in [5.41, 5.74) is 4.29. The van der Waals surface area contributed by atoms with Gasteiger partial charge in [-0.1, -0.05) is 6.07 Å². The Morgan fingerprint density at radius 1 is 1.42 bits per heavy atom. The topological polar surface area (TPSA) is 43.1 Å². The first-order chi connectivity index (χ1) is 5.54. The maximum atomic E-state index is 13.0. The van der Waals surface area contributed by atoms with Gasteiger partial charge in [-0.2, -0.15) is 0 Å². The van der Waals surface area contributed by atoms with Crippen molar-refractivity contribution < 1.29 is 13.6 Å². The molecule has 0 aromatic heterocycles. The molecule has 12 heavy (non-hydrogen) atoms. The van der Waals surface area contributed by atoms with E-state index in [1.54, 1.807) is 0 Å². The van der Waals surface area contributed by atoms with E-state index in [9.17, 15) is 13.6 Å². The predicted molar refractivity (Wildman–Crippen MR) is 39.6 cm³/mol. The molecule has 2 nitrogen and oxygen atoms in total. The summed E-state index contributed by atoms with van der Waals surface area (Å²) in [7, 11) is 0. The first-order valence-corrected chi connectivity index (χ1v) is 3.28. The fourth-order valence-electron chi connectivity index (χ4n) is 0.883. The first kappa shape index (κ1) is 8.64. The number of amides is 1. The van der Waals surface area contributed by atoms with Crippen molar-refractivity contribution in [1.29, 1.82) is 0 Å². The van der Waals surface area contributed by atoms with E-state index in [0.29, 0.717) is 0 Å². The molecule has 0 aliphatic heterocycles. The Balaban J connectivity index is 3.43. The third-order valence-corrected chi connectivity index (χ3v) is 1.53. The smallest absolute Gasteiger partial charge is 0.254 e. The molecule has 1 amide bonds. The van der Waals surface area contributed by atoms with Crippen LogP contribution >= 0.6 is 0 Å². The number of carbonyl (C=O) groups excluding carboxylic acids is 1. The van der Waals surface area contributed by atoms with Crippen molar-refractivity contribution in [2.75, 3.05) is 0 Å². The van der Waals surface area contributed by atoms with Gasteiger partial charge in [-0.3, -0.25) is 4.79 Å². The average Bonchev–Trinajstić information content (AvgIpc) is 1.97. The third-order valence-electron chi connectivity index (χ3n) is 1.53. The molecule has 2 N–H and O–H groups in total. The van der Waals surface area contributed by atoms with Crippen molar-refractivity contribution in [2.24, 2.45) is 5.73 Å². The molecule has 4 heteroatoms.